The molecular weight excluding hydrogens is 298 g/mol. The topological polar surface area (TPSA) is 114 Å². The van der Waals surface area contributed by atoms with E-state index in [1.807, 2.05) is 0 Å². The summed E-state index contributed by atoms with van der Waals surface area (Å²) in [6, 6.07) is 3.94. The molecule has 0 saturated heterocycles. The third-order valence-electron chi connectivity index (χ3n) is 2.74. The van der Waals surface area contributed by atoms with Crippen molar-refractivity contribution in [1.82, 2.24) is 20.5 Å². The second kappa shape index (κ2) is 6.80. The number of aromatic nitrogens is 3. The predicted molar refractivity (Wildman–Crippen MR) is 75.1 cm³/mol. The second-order valence-electron chi connectivity index (χ2n) is 4.21. The molecule has 0 aliphatic rings. The van der Waals surface area contributed by atoms with Crippen LogP contribution in [0.2, 0.25) is 5.02 Å². The molecule has 1 amide bonds. The fourth-order valence-corrected chi connectivity index (χ4v) is 1.92. The Morgan fingerprint density at radius 2 is 2.29 bits per heavy atom. The summed E-state index contributed by atoms with van der Waals surface area (Å²) in [5, 5.41) is 20.2. The van der Waals surface area contributed by atoms with Crippen LogP contribution in [-0.4, -0.2) is 32.6 Å². The summed E-state index contributed by atoms with van der Waals surface area (Å²) in [4.78, 5) is 26.2. The summed E-state index contributed by atoms with van der Waals surface area (Å²) in [6.07, 6.45) is 2.68. The molecule has 9 heteroatoms. The van der Waals surface area contributed by atoms with Crippen molar-refractivity contribution in [2.75, 3.05) is 6.54 Å². The smallest absolute Gasteiger partial charge is 0.283 e. The number of hydrogen-bond acceptors (Lipinski definition) is 5. The molecule has 1 aromatic carbocycles. The SMILES string of the molecule is O=C(NCCCc1ncn[nH]1)c1ccc(Cl)cc1[N+](=O)[O-]. The van der Waals surface area contributed by atoms with Gasteiger partial charge in [0.05, 0.1) is 4.92 Å². The maximum absolute atomic E-state index is 11.9. The summed E-state index contributed by atoms with van der Waals surface area (Å²) in [5.74, 6) is 0.220. The molecule has 0 aliphatic carbocycles. The van der Waals surface area contributed by atoms with E-state index in [9.17, 15) is 14.9 Å². The molecule has 2 aromatic rings. The zero-order valence-corrected chi connectivity index (χ0v) is 11.6. The van der Waals surface area contributed by atoms with E-state index in [2.05, 4.69) is 20.5 Å². The molecule has 21 heavy (non-hydrogen) atoms. The number of carbonyl (C=O) groups is 1. The van der Waals surface area contributed by atoms with E-state index < -0.39 is 10.8 Å². The second-order valence-corrected chi connectivity index (χ2v) is 4.65. The number of hydrogen-bond donors (Lipinski definition) is 2. The first-order valence-electron chi connectivity index (χ1n) is 6.14. The minimum absolute atomic E-state index is 0.0101. The molecule has 0 unspecified atom stereocenters. The molecular formula is C12H12ClN5O3. The fraction of sp³-hybridized carbons (Fsp3) is 0.250. The lowest BCUT2D eigenvalue weighted by molar-refractivity contribution is -0.385. The number of nitrogens with zero attached hydrogens (tertiary/aromatic N) is 3. The molecule has 2 N–H and O–H groups in total. The Labute approximate surface area is 124 Å². The van der Waals surface area contributed by atoms with E-state index in [1.54, 1.807) is 0 Å². The Hall–Kier alpha value is -2.48. The number of H-pyrrole nitrogens is 1. The van der Waals surface area contributed by atoms with Gasteiger partial charge in [-0.3, -0.25) is 20.0 Å². The van der Waals surface area contributed by atoms with Gasteiger partial charge in [-0.2, -0.15) is 5.10 Å². The van der Waals surface area contributed by atoms with Gasteiger partial charge < -0.3 is 5.32 Å². The highest BCUT2D eigenvalue weighted by atomic mass is 35.5. The van der Waals surface area contributed by atoms with Crippen molar-refractivity contribution >= 4 is 23.2 Å². The number of aromatic amines is 1. The number of carbonyl (C=O) groups excluding carboxylic acids is 1. The summed E-state index contributed by atoms with van der Waals surface area (Å²) < 4.78 is 0. The molecule has 0 fully saturated rings. The van der Waals surface area contributed by atoms with Gasteiger partial charge in [0, 0.05) is 24.1 Å². The largest absolute Gasteiger partial charge is 0.352 e. The molecule has 110 valence electrons. The molecule has 0 radical (unpaired) electrons. The Morgan fingerprint density at radius 1 is 1.48 bits per heavy atom. The normalized spacial score (nSPS) is 10.3. The van der Waals surface area contributed by atoms with Gasteiger partial charge in [0.1, 0.15) is 17.7 Å². The van der Waals surface area contributed by atoms with E-state index in [-0.39, 0.29) is 16.3 Å². The highest BCUT2D eigenvalue weighted by Gasteiger charge is 2.20. The zero-order chi connectivity index (χ0) is 15.2. The van der Waals surface area contributed by atoms with Crippen LogP contribution in [0.3, 0.4) is 0 Å². The van der Waals surface area contributed by atoms with Crippen molar-refractivity contribution < 1.29 is 9.72 Å². The van der Waals surface area contributed by atoms with Gasteiger partial charge in [-0.15, -0.1) is 0 Å². The summed E-state index contributed by atoms with van der Waals surface area (Å²) >= 11 is 5.70. The number of nitrogens with one attached hydrogen (secondary N) is 2. The molecule has 1 aromatic heterocycles. The lowest BCUT2D eigenvalue weighted by Gasteiger charge is -2.05. The van der Waals surface area contributed by atoms with Crippen LogP contribution in [0.25, 0.3) is 0 Å². The maximum Gasteiger partial charge on any atom is 0.283 e. The fourth-order valence-electron chi connectivity index (χ4n) is 1.75. The van der Waals surface area contributed by atoms with Crippen LogP contribution >= 0.6 is 11.6 Å². The minimum Gasteiger partial charge on any atom is -0.352 e. The van der Waals surface area contributed by atoms with E-state index in [4.69, 9.17) is 11.6 Å². The lowest BCUT2D eigenvalue weighted by atomic mass is 10.1. The molecule has 0 bridgehead atoms. The van der Waals surface area contributed by atoms with Gasteiger partial charge in [-0.25, -0.2) is 4.98 Å². The average Bonchev–Trinajstić information content (AvgIpc) is 2.96. The van der Waals surface area contributed by atoms with Crippen molar-refractivity contribution in [1.29, 1.82) is 0 Å². The first-order chi connectivity index (χ1) is 10.1. The van der Waals surface area contributed by atoms with Gasteiger partial charge in [0.15, 0.2) is 0 Å². The van der Waals surface area contributed by atoms with E-state index in [0.29, 0.717) is 19.4 Å². The Balaban J connectivity index is 1.92. The van der Waals surface area contributed by atoms with Crippen molar-refractivity contribution in [2.45, 2.75) is 12.8 Å². The number of rotatable bonds is 6. The van der Waals surface area contributed by atoms with Crippen molar-refractivity contribution in [3.05, 3.63) is 51.1 Å². The lowest BCUT2D eigenvalue weighted by Crippen LogP contribution is -2.25. The summed E-state index contributed by atoms with van der Waals surface area (Å²) in [6.45, 7) is 0.374. The Morgan fingerprint density at radius 3 is 2.95 bits per heavy atom. The van der Waals surface area contributed by atoms with Gasteiger partial charge in [0.2, 0.25) is 0 Å². The van der Waals surface area contributed by atoms with E-state index in [1.165, 1.54) is 18.5 Å². The highest BCUT2D eigenvalue weighted by Crippen LogP contribution is 2.23. The Bertz CT molecular complexity index is 644. The Kier molecular flexibility index (Phi) is 4.83. The monoisotopic (exact) mass is 309 g/mol. The van der Waals surface area contributed by atoms with Crippen molar-refractivity contribution in [2.24, 2.45) is 0 Å². The van der Waals surface area contributed by atoms with Crippen LogP contribution in [0, 0.1) is 10.1 Å². The van der Waals surface area contributed by atoms with Crippen molar-refractivity contribution in [3.8, 4) is 0 Å². The van der Waals surface area contributed by atoms with E-state index in [0.717, 1.165) is 11.9 Å². The zero-order valence-electron chi connectivity index (χ0n) is 10.9. The number of benzene rings is 1. The first-order valence-corrected chi connectivity index (χ1v) is 6.52. The molecule has 0 atom stereocenters. The van der Waals surface area contributed by atoms with Crippen molar-refractivity contribution in [3.63, 3.8) is 0 Å². The highest BCUT2D eigenvalue weighted by molar-refractivity contribution is 6.31. The van der Waals surface area contributed by atoms with Gasteiger partial charge in [0.25, 0.3) is 11.6 Å². The molecule has 1 heterocycles. The maximum atomic E-state index is 11.9. The number of amides is 1. The number of halogens is 1. The van der Waals surface area contributed by atoms with Crippen LogP contribution < -0.4 is 5.32 Å². The van der Waals surface area contributed by atoms with Gasteiger partial charge >= 0.3 is 0 Å². The third-order valence-corrected chi connectivity index (χ3v) is 2.98. The van der Waals surface area contributed by atoms with Gasteiger partial charge in [-0.05, 0) is 18.6 Å². The first kappa shape index (κ1) is 14.9. The molecule has 2 rings (SSSR count). The summed E-state index contributed by atoms with van der Waals surface area (Å²) in [7, 11) is 0. The van der Waals surface area contributed by atoms with Gasteiger partial charge in [-0.1, -0.05) is 11.6 Å². The van der Waals surface area contributed by atoms with Crippen LogP contribution in [0.15, 0.2) is 24.5 Å². The number of nitro benzene ring substituents is 1. The van der Waals surface area contributed by atoms with Crippen LogP contribution in [0.4, 0.5) is 5.69 Å². The predicted octanol–water partition coefficient (Wildman–Crippen LogP) is 1.73. The van der Waals surface area contributed by atoms with Crippen LogP contribution in [0.1, 0.15) is 22.6 Å². The van der Waals surface area contributed by atoms with Crippen LogP contribution in [-0.2, 0) is 6.42 Å². The number of nitro groups is 1. The number of aryl methyl sites for hydroxylation is 1. The molecule has 0 aliphatic heterocycles. The minimum atomic E-state index is -0.630. The van der Waals surface area contributed by atoms with E-state index >= 15 is 0 Å². The molecule has 0 saturated carbocycles. The average molecular weight is 310 g/mol. The standard InChI is InChI=1S/C12H12ClN5O3/c13-8-3-4-9(10(6-8)18(20)21)12(19)14-5-1-2-11-15-7-16-17-11/h3-4,6-7H,1-2,5H2,(H,14,19)(H,15,16,17). The summed E-state index contributed by atoms with van der Waals surface area (Å²) in [5.41, 5.74) is -0.320. The van der Waals surface area contributed by atoms with Crippen LogP contribution in [0.5, 0.6) is 0 Å². The molecule has 0 spiro atoms. The molecule has 8 nitrogen and oxygen atoms in total. The quantitative estimate of drug-likeness (QED) is 0.479. The third kappa shape index (κ3) is 3.99.